The first-order chi connectivity index (χ1) is 9.56. The van der Waals surface area contributed by atoms with Gasteiger partial charge in [-0.1, -0.05) is 17.7 Å². The minimum atomic E-state index is -1.08. The number of carboxylic acids is 1. The molecule has 0 spiro atoms. The van der Waals surface area contributed by atoms with E-state index in [2.05, 4.69) is 0 Å². The zero-order valence-corrected chi connectivity index (χ0v) is 11.1. The van der Waals surface area contributed by atoms with Crippen LogP contribution in [0.4, 0.5) is 5.69 Å². The highest BCUT2D eigenvalue weighted by molar-refractivity contribution is 6.31. The standard InChI is InChI=1S/C14H10ClNO4/c15-9-2-1-8-5-13(17)16(11(8)6-9)7-12-10(14(18)19)3-4-20-12/h1-4,6H,5,7H2,(H,18,19). The summed E-state index contributed by atoms with van der Waals surface area (Å²) < 4.78 is 5.17. The van der Waals surface area contributed by atoms with Gasteiger partial charge in [-0.3, -0.25) is 4.79 Å². The van der Waals surface area contributed by atoms with Crippen molar-refractivity contribution in [2.75, 3.05) is 4.90 Å². The van der Waals surface area contributed by atoms with Crippen molar-refractivity contribution in [2.24, 2.45) is 0 Å². The Morgan fingerprint density at radius 2 is 2.20 bits per heavy atom. The summed E-state index contributed by atoms with van der Waals surface area (Å²) in [6, 6.07) is 6.60. The Balaban J connectivity index is 1.96. The van der Waals surface area contributed by atoms with Gasteiger partial charge in [0.25, 0.3) is 0 Å². The molecule has 6 heteroatoms. The highest BCUT2D eigenvalue weighted by Crippen LogP contribution is 2.33. The summed E-state index contributed by atoms with van der Waals surface area (Å²) in [6.07, 6.45) is 1.59. The predicted octanol–water partition coefficient (Wildman–Crippen LogP) is 2.72. The van der Waals surface area contributed by atoms with Crippen LogP contribution in [0.3, 0.4) is 0 Å². The van der Waals surface area contributed by atoms with Crippen molar-refractivity contribution in [1.82, 2.24) is 0 Å². The molecule has 0 fully saturated rings. The maximum absolute atomic E-state index is 12.0. The highest BCUT2D eigenvalue weighted by atomic mass is 35.5. The van der Waals surface area contributed by atoms with Crippen molar-refractivity contribution in [3.8, 4) is 0 Å². The molecule has 0 unspecified atom stereocenters. The smallest absolute Gasteiger partial charge is 0.339 e. The van der Waals surface area contributed by atoms with E-state index >= 15 is 0 Å². The van der Waals surface area contributed by atoms with E-state index in [0.29, 0.717) is 10.7 Å². The van der Waals surface area contributed by atoms with Gasteiger partial charge < -0.3 is 14.4 Å². The molecule has 2 heterocycles. The summed E-state index contributed by atoms with van der Waals surface area (Å²) in [7, 11) is 0. The Bertz CT molecular complexity index is 707. The van der Waals surface area contributed by atoms with Crippen molar-refractivity contribution in [2.45, 2.75) is 13.0 Å². The van der Waals surface area contributed by atoms with Crippen LogP contribution in [0, 0.1) is 0 Å². The average Bonchev–Trinajstić information content (AvgIpc) is 2.96. The number of hydrogen-bond acceptors (Lipinski definition) is 3. The largest absolute Gasteiger partial charge is 0.478 e. The Morgan fingerprint density at radius 1 is 1.40 bits per heavy atom. The molecule has 0 saturated heterocycles. The molecule has 3 rings (SSSR count). The average molecular weight is 292 g/mol. The Labute approximate surface area is 119 Å². The van der Waals surface area contributed by atoms with Gasteiger partial charge in [-0.25, -0.2) is 4.79 Å². The second-order valence-corrected chi connectivity index (χ2v) is 4.93. The van der Waals surface area contributed by atoms with Crippen LogP contribution in [-0.2, 0) is 17.8 Å². The number of hydrogen-bond donors (Lipinski definition) is 1. The third-order valence-corrected chi connectivity index (χ3v) is 3.49. The molecule has 2 aromatic rings. The quantitative estimate of drug-likeness (QED) is 0.944. The number of anilines is 1. The van der Waals surface area contributed by atoms with Gasteiger partial charge in [0, 0.05) is 10.7 Å². The molecule has 0 radical (unpaired) electrons. The van der Waals surface area contributed by atoms with E-state index in [9.17, 15) is 9.59 Å². The summed E-state index contributed by atoms with van der Waals surface area (Å²) in [6.45, 7) is 0.0841. The van der Waals surface area contributed by atoms with Crippen LogP contribution < -0.4 is 4.90 Å². The van der Waals surface area contributed by atoms with Crippen LogP contribution >= 0.6 is 11.6 Å². The molecule has 1 aliphatic heterocycles. The molecular formula is C14H10ClNO4. The van der Waals surface area contributed by atoms with E-state index in [-0.39, 0.29) is 30.2 Å². The van der Waals surface area contributed by atoms with E-state index in [1.807, 2.05) is 0 Å². The molecule has 0 aliphatic carbocycles. The maximum atomic E-state index is 12.0. The van der Waals surface area contributed by atoms with Crippen LogP contribution in [0.5, 0.6) is 0 Å². The predicted molar refractivity (Wildman–Crippen MR) is 72.0 cm³/mol. The molecule has 5 nitrogen and oxygen atoms in total. The lowest BCUT2D eigenvalue weighted by molar-refractivity contribution is -0.117. The molecule has 0 atom stereocenters. The Hall–Kier alpha value is -2.27. The zero-order valence-electron chi connectivity index (χ0n) is 10.3. The zero-order chi connectivity index (χ0) is 14.3. The molecular weight excluding hydrogens is 282 g/mol. The number of aromatic carboxylic acids is 1. The molecule has 1 aromatic heterocycles. The maximum Gasteiger partial charge on any atom is 0.339 e. The summed E-state index contributed by atoms with van der Waals surface area (Å²) in [5.41, 5.74) is 1.64. The van der Waals surface area contributed by atoms with E-state index in [1.54, 1.807) is 18.2 Å². The summed E-state index contributed by atoms with van der Waals surface area (Å²) in [5.74, 6) is -0.930. The lowest BCUT2D eigenvalue weighted by Gasteiger charge is -2.16. The third kappa shape index (κ3) is 2.06. The summed E-state index contributed by atoms with van der Waals surface area (Å²) >= 11 is 5.94. The molecule has 0 saturated carbocycles. The number of amides is 1. The minimum Gasteiger partial charge on any atom is -0.478 e. The van der Waals surface area contributed by atoms with E-state index in [0.717, 1.165) is 5.56 Å². The van der Waals surface area contributed by atoms with E-state index in [1.165, 1.54) is 17.2 Å². The minimum absolute atomic E-state index is 0.0632. The monoisotopic (exact) mass is 291 g/mol. The molecule has 1 aromatic carbocycles. The fraction of sp³-hybridized carbons (Fsp3) is 0.143. The number of fused-ring (bicyclic) bond motifs is 1. The van der Waals surface area contributed by atoms with Gasteiger partial charge >= 0.3 is 5.97 Å². The molecule has 1 N–H and O–H groups in total. The number of carbonyl (C=O) groups is 2. The van der Waals surface area contributed by atoms with Crippen LogP contribution in [-0.4, -0.2) is 17.0 Å². The van der Waals surface area contributed by atoms with Crippen LogP contribution in [0.25, 0.3) is 0 Å². The summed E-state index contributed by atoms with van der Waals surface area (Å²) in [4.78, 5) is 24.6. The Morgan fingerprint density at radius 3 is 2.95 bits per heavy atom. The SMILES string of the molecule is O=C(O)c1ccoc1CN1C(=O)Cc2ccc(Cl)cc21. The van der Waals surface area contributed by atoms with Crippen molar-refractivity contribution in [3.63, 3.8) is 0 Å². The highest BCUT2D eigenvalue weighted by Gasteiger charge is 2.29. The molecule has 20 heavy (non-hydrogen) atoms. The number of carbonyl (C=O) groups excluding carboxylic acids is 1. The van der Waals surface area contributed by atoms with Gasteiger partial charge in [0.2, 0.25) is 5.91 Å². The second kappa shape index (κ2) is 4.68. The van der Waals surface area contributed by atoms with Gasteiger partial charge in [-0.15, -0.1) is 0 Å². The number of furan rings is 1. The van der Waals surface area contributed by atoms with Gasteiger partial charge in [-0.2, -0.15) is 0 Å². The number of nitrogens with zero attached hydrogens (tertiary/aromatic N) is 1. The lowest BCUT2D eigenvalue weighted by atomic mass is 10.2. The lowest BCUT2D eigenvalue weighted by Crippen LogP contribution is -2.26. The molecule has 1 amide bonds. The van der Waals surface area contributed by atoms with Gasteiger partial charge in [-0.05, 0) is 23.8 Å². The van der Waals surface area contributed by atoms with Crippen LogP contribution in [0.2, 0.25) is 5.02 Å². The molecule has 102 valence electrons. The number of rotatable bonds is 3. The van der Waals surface area contributed by atoms with Crippen LogP contribution in [0.15, 0.2) is 34.9 Å². The number of halogens is 1. The fourth-order valence-electron chi connectivity index (χ4n) is 2.30. The Kier molecular flexibility index (Phi) is 2.99. The van der Waals surface area contributed by atoms with Crippen LogP contribution in [0.1, 0.15) is 21.7 Å². The molecule has 0 bridgehead atoms. The number of carboxylic acid groups (broad SMARTS) is 1. The van der Waals surface area contributed by atoms with Gasteiger partial charge in [0.1, 0.15) is 11.3 Å². The first-order valence-electron chi connectivity index (χ1n) is 5.94. The van der Waals surface area contributed by atoms with Gasteiger partial charge in [0.05, 0.1) is 19.2 Å². The van der Waals surface area contributed by atoms with Crippen molar-refractivity contribution < 1.29 is 19.1 Å². The third-order valence-electron chi connectivity index (χ3n) is 3.26. The second-order valence-electron chi connectivity index (χ2n) is 4.49. The first kappa shape index (κ1) is 12.7. The topological polar surface area (TPSA) is 70.8 Å². The summed E-state index contributed by atoms with van der Waals surface area (Å²) in [5, 5.41) is 9.58. The normalized spacial score (nSPS) is 13.7. The first-order valence-corrected chi connectivity index (χ1v) is 6.32. The van der Waals surface area contributed by atoms with E-state index in [4.69, 9.17) is 21.1 Å². The van der Waals surface area contributed by atoms with Crippen molar-refractivity contribution in [1.29, 1.82) is 0 Å². The fourth-order valence-corrected chi connectivity index (χ4v) is 2.47. The molecule has 1 aliphatic rings. The van der Waals surface area contributed by atoms with Gasteiger partial charge in [0.15, 0.2) is 0 Å². The van der Waals surface area contributed by atoms with Crippen molar-refractivity contribution >= 4 is 29.2 Å². The number of benzene rings is 1. The van der Waals surface area contributed by atoms with E-state index < -0.39 is 5.97 Å². The van der Waals surface area contributed by atoms with Crippen molar-refractivity contribution in [3.05, 3.63) is 52.4 Å².